The molecule has 0 atom stereocenters. The van der Waals surface area contributed by atoms with Crippen LogP contribution in [0.1, 0.15) is 10.4 Å². The van der Waals surface area contributed by atoms with Gasteiger partial charge < -0.3 is 0 Å². The Balaban J connectivity index is 1.76. The van der Waals surface area contributed by atoms with Gasteiger partial charge in [-0.3, -0.25) is 15.2 Å². The van der Waals surface area contributed by atoms with Gasteiger partial charge in [-0.25, -0.2) is 12.8 Å². The molecule has 0 radical (unpaired) electrons. The summed E-state index contributed by atoms with van der Waals surface area (Å²) in [5.41, 5.74) is 2.99. The molecule has 0 saturated heterocycles. The van der Waals surface area contributed by atoms with Crippen molar-refractivity contribution in [2.75, 3.05) is 0 Å². The summed E-state index contributed by atoms with van der Waals surface area (Å²) in [5, 5.41) is 0.748. The molecule has 1 aromatic heterocycles. The number of amides is 1. The molecule has 1 amide bonds. The van der Waals surface area contributed by atoms with Crippen LogP contribution in [0.5, 0.6) is 0 Å². The lowest BCUT2D eigenvalue weighted by molar-refractivity contribution is 0.0945. The molecule has 0 aliphatic carbocycles. The summed E-state index contributed by atoms with van der Waals surface area (Å²) in [6.45, 7) is 0. The first-order chi connectivity index (χ1) is 11.5. The number of nitrogens with zero attached hydrogens (tertiary/aromatic N) is 1. The highest BCUT2D eigenvalue weighted by atomic mass is 32.2. The highest BCUT2D eigenvalue weighted by Gasteiger charge is 2.16. The van der Waals surface area contributed by atoms with Gasteiger partial charge in [0.05, 0.1) is 16.0 Å². The predicted molar refractivity (Wildman–Crippen MR) is 85.9 cm³/mol. The van der Waals surface area contributed by atoms with Gasteiger partial charge in [0.1, 0.15) is 5.82 Å². The topological polar surface area (TPSA) is 88.2 Å². The van der Waals surface area contributed by atoms with Gasteiger partial charge in [-0.2, -0.15) is 0 Å². The van der Waals surface area contributed by atoms with Crippen molar-refractivity contribution in [2.45, 2.75) is 4.90 Å². The molecule has 3 aromatic rings. The Kier molecular flexibility index (Phi) is 4.24. The van der Waals surface area contributed by atoms with Crippen molar-refractivity contribution in [3.63, 3.8) is 0 Å². The fourth-order valence-electron chi connectivity index (χ4n) is 2.07. The number of carbonyl (C=O) groups excluding carboxylic acids is 1. The Morgan fingerprint density at radius 3 is 2.62 bits per heavy atom. The van der Waals surface area contributed by atoms with Gasteiger partial charge >= 0.3 is 0 Å². The zero-order valence-electron chi connectivity index (χ0n) is 12.2. The molecule has 0 unspecified atom stereocenters. The van der Waals surface area contributed by atoms with Gasteiger partial charge in [-0.1, -0.05) is 24.3 Å². The Labute approximate surface area is 137 Å². The SMILES string of the molecule is O=C(NNS(=O)(=O)c1cccc(F)c1)c1cnc2ccccc2c1. The molecule has 2 aromatic carbocycles. The molecule has 6 nitrogen and oxygen atoms in total. The molecule has 0 spiro atoms. The number of fused-ring (bicyclic) bond motifs is 1. The lowest BCUT2D eigenvalue weighted by atomic mass is 10.1. The van der Waals surface area contributed by atoms with Crippen LogP contribution in [0.2, 0.25) is 0 Å². The molecule has 0 aliphatic rings. The first kappa shape index (κ1) is 16.0. The summed E-state index contributed by atoms with van der Waals surface area (Å²) in [6, 6.07) is 13.3. The van der Waals surface area contributed by atoms with Gasteiger partial charge in [0.15, 0.2) is 0 Å². The van der Waals surface area contributed by atoms with Crippen LogP contribution in [0.25, 0.3) is 10.9 Å². The molecule has 8 heteroatoms. The van der Waals surface area contributed by atoms with Crippen molar-refractivity contribution < 1.29 is 17.6 Å². The molecule has 0 saturated carbocycles. The molecular formula is C16H12FN3O3S. The van der Waals surface area contributed by atoms with E-state index in [1.807, 2.05) is 10.9 Å². The van der Waals surface area contributed by atoms with Crippen LogP contribution in [0.15, 0.2) is 65.7 Å². The number of benzene rings is 2. The van der Waals surface area contributed by atoms with Crippen molar-refractivity contribution in [3.8, 4) is 0 Å². The Bertz CT molecular complexity index is 1020. The van der Waals surface area contributed by atoms with Gasteiger partial charge in [0.25, 0.3) is 15.9 Å². The van der Waals surface area contributed by atoms with Gasteiger partial charge in [-0.05, 0) is 30.3 Å². The van der Waals surface area contributed by atoms with Crippen LogP contribution >= 0.6 is 0 Å². The normalized spacial score (nSPS) is 11.4. The molecule has 3 rings (SSSR count). The number of halogens is 1. The minimum absolute atomic E-state index is 0.190. The van der Waals surface area contributed by atoms with Crippen LogP contribution in [0.4, 0.5) is 4.39 Å². The van der Waals surface area contributed by atoms with Crippen molar-refractivity contribution in [1.82, 2.24) is 15.2 Å². The number of sulfonamides is 1. The maximum atomic E-state index is 13.1. The van der Waals surface area contributed by atoms with Crippen molar-refractivity contribution in [2.24, 2.45) is 0 Å². The van der Waals surface area contributed by atoms with E-state index in [9.17, 15) is 17.6 Å². The average Bonchev–Trinajstić information content (AvgIpc) is 2.59. The fourth-order valence-corrected chi connectivity index (χ4v) is 2.94. The van der Waals surface area contributed by atoms with E-state index in [4.69, 9.17) is 0 Å². The van der Waals surface area contributed by atoms with E-state index in [2.05, 4.69) is 10.4 Å². The number of nitrogens with one attached hydrogen (secondary N) is 2. The Hall–Kier alpha value is -2.84. The quantitative estimate of drug-likeness (QED) is 0.708. The third kappa shape index (κ3) is 3.39. The first-order valence-electron chi connectivity index (χ1n) is 6.88. The number of hydrogen-bond acceptors (Lipinski definition) is 4. The Morgan fingerprint density at radius 1 is 1.04 bits per heavy atom. The molecular weight excluding hydrogens is 333 g/mol. The first-order valence-corrected chi connectivity index (χ1v) is 8.36. The maximum absolute atomic E-state index is 13.1. The van der Waals surface area contributed by atoms with Crippen LogP contribution in [-0.2, 0) is 10.0 Å². The number of pyridine rings is 1. The second-order valence-electron chi connectivity index (χ2n) is 4.93. The lowest BCUT2D eigenvalue weighted by Gasteiger charge is -2.09. The van der Waals surface area contributed by atoms with Crippen LogP contribution in [-0.4, -0.2) is 19.3 Å². The average molecular weight is 345 g/mol. The smallest absolute Gasteiger partial charge is 0.267 e. The summed E-state index contributed by atoms with van der Waals surface area (Å²) in [6.07, 6.45) is 1.34. The largest absolute Gasteiger partial charge is 0.273 e. The standard InChI is InChI=1S/C16H12FN3O3S/c17-13-5-3-6-14(9-13)24(22,23)20-19-16(21)12-8-11-4-1-2-7-15(11)18-10-12/h1-10,20H,(H,19,21). The van der Waals surface area contributed by atoms with E-state index >= 15 is 0 Å². The van der Waals surface area contributed by atoms with E-state index in [0.717, 1.165) is 23.0 Å². The van der Waals surface area contributed by atoms with Gasteiger partial charge in [-0.15, -0.1) is 4.83 Å². The fraction of sp³-hybridized carbons (Fsp3) is 0. The number of carbonyl (C=O) groups is 1. The molecule has 2 N–H and O–H groups in total. The van der Waals surface area contributed by atoms with E-state index in [1.54, 1.807) is 24.3 Å². The highest BCUT2D eigenvalue weighted by molar-refractivity contribution is 7.89. The number of aromatic nitrogens is 1. The lowest BCUT2D eigenvalue weighted by Crippen LogP contribution is -2.41. The van der Waals surface area contributed by atoms with Crippen molar-refractivity contribution >= 4 is 26.8 Å². The number of para-hydroxylation sites is 1. The van der Waals surface area contributed by atoms with Crippen molar-refractivity contribution in [3.05, 3.63) is 72.2 Å². The Morgan fingerprint density at radius 2 is 1.83 bits per heavy atom. The van der Waals surface area contributed by atoms with Gasteiger partial charge in [0.2, 0.25) is 0 Å². The zero-order valence-corrected chi connectivity index (χ0v) is 13.0. The minimum Gasteiger partial charge on any atom is -0.273 e. The summed E-state index contributed by atoms with van der Waals surface area (Å²) in [4.78, 5) is 17.8. The minimum atomic E-state index is -4.07. The van der Waals surface area contributed by atoms with E-state index in [0.29, 0.717) is 0 Å². The summed E-state index contributed by atoms with van der Waals surface area (Å²) in [5.74, 6) is -1.36. The van der Waals surface area contributed by atoms with Crippen LogP contribution in [0.3, 0.4) is 0 Å². The molecule has 24 heavy (non-hydrogen) atoms. The molecule has 1 heterocycles. The number of rotatable bonds is 4. The van der Waals surface area contributed by atoms with Gasteiger partial charge in [0, 0.05) is 11.6 Å². The number of hydrogen-bond donors (Lipinski definition) is 2. The van der Waals surface area contributed by atoms with Crippen molar-refractivity contribution in [1.29, 1.82) is 0 Å². The number of hydrazine groups is 1. The molecule has 0 bridgehead atoms. The third-order valence-corrected chi connectivity index (χ3v) is 4.50. The molecule has 0 aliphatic heterocycles. The highest BCUT2D eigenvalue weighted by Crippen LogP contribution is 2.13. The van der Waals surface area contributed by atoms with E-state index in [-0.39, 0.29) is 10.5 Å². The second kappa shape index (κ2) is 6.34. The summed E-state index contributed by atoms with van der Waals surface area (Å²) >= 11 is 0. The molecule has 0 fully saturated rings. The van der Waals surface area contributed by atoms with Crippen LogP contribution < -0.4 is 10.3 Å². The van der Waals surface area contributed by atoms with E-state index in [1.165, 1.54) is 18.3 Å². The monoisotopic (exact) mass is 345 g/mol. The summed E-state index contributed by atoms with van der Waals surface area (Å²) in [7, 11) is -4.07. The third-order valence-electron chi connectivity index (χ3n) is 3.26. The zero-order chi connectivity index (χ0) is 17.2. The van der Waals surface area contributed by atoms with E-state index < -0.39 is 21.7 Å². The predicted octanol–water partition coefficient (Wildman–Crippen LogP) is 2.00. The van der Waals surface area contributed by atoms with Crippen LogP contribution in [0, 0.1) is 5.82 Å². The second-order valence-corrected chi connectivity index (χ2v) is 6.62. The maximum Gasteiger partial charge on any atom is 0.267 e. The molecule has 122 valence electrons. The summed E-state index contributed by atoms with van der Waals surface area (Å²) < 4.78 is 37.2.